The zero-order valence-corrected chi connectivity index (χ0v) is 11.7. The zero-order chi connectivity index (χ0) is 12.3. The normalized spacial score (nSPS) is 14.5. The van der Waals surface area contributed by atoms with Crippen molar-refractivity contribution in [3.8, 4) is 0 Å². The van der Waals surface area contributed by atoms with E-state index in [4.69, 9.17) is 5.73 Å². The molecule has 1 heterocycles. The predicted molar refractivity (Wildman–Crippen MR) is 77.7 cm³/mol. The summed E-state index contributed by atoms with van der Waals surface area (Å²) >= 11 is 3.66. The fourth-order valence-corrected chi connectivity index (χ4v) is 4.17. The molecule has 0 saturated carbocycles. The Morgan fingerprint density at radius 3 is 2.41 bits per heavy atom. The average Bonchev–Trinajstić information content (AvgIpc) is 2.73. The lowest BCUT2D eigenvalue weighted by atomic mass is 10.1. The third-order valence-electron chi connectivity index (χ3n) is 2.64. The second kappa shape index (κ2) is 5.71. The minimum absolute atomic E-state index is 0.151. The van der Waals surface area contributed by atoms with Gasteiger partial charge in [0, 0.05) is 15.8 Å². The Kier molecular flexibility index (Phi) is 4.26. The van der Waals surface area contributed by atoms with Crippen LogP contribution in [0.25, 0.3) is 0 Å². The van der Waals surface area contributed by atoms with Crippen molar-refractivity contribution in [1.82, 2.24) is 0 Å². The number of aryl methyl sites for hydroxylation is 1. The Morgan fingerprint density at radius 1 is 1.18 bits per heavy atom. The average molecular weight is 263 g/mol. The van der Waals surface area contributed by atoms with Gasteiger partial charge in [-0.3, -0.25) is 0 Å². The highest BCUT2D eigenvalue weighted by atomic mass is 32.2. The fraction of sp³-hybridized carbons (Fsp3) is 0.286. The van der Waals surface area contributed by atoms with Gasteiger partial charge in [-0.1, -0.05) is 18.2 Å². The molecule has 1 nitrogen and oxygen atoms in total. The van der Waals surface area contributed by atoms with Gasteiger partial charge in [0.2, 0.25) is 0 Å². The molecule has 0 fully saturated rings. The first-order valence-corrected chi connectivity index (χ1v) is 7.45. The van der Waals surface area contributed by atoms with Crippen LogP contribution >= 0.6 is 23.1 Å². The summed E-state index contributed by atoms with van der Waals surface area (Å²) in [6.45, 7) is 4.24. The van der Waals surface area contributed by atoms with Crippen LogP contribution in [0, 0.1) is 6.92 Å². The topological polar surface area (TPSA) is 26.0 Å². The quantitative estimate of drug-likeness (QED) is 0.835. The maximum absolute atomic E-state index is 6.13. The first-order chi connectivity index (χ1) is 8.18. The summed E-state index contributed by atoms with van der Waals surface area (Å²) in [5.74, 6) is 0. The molecule has 2 aromatic rings. The van der Waals surface area contributed by atoms with Crippen molar-refractivity contribution in [3.63, 3.8) is 0 Å². The van der Waals surface area contributed by atoms with Crippen molar-refractivity contribution >= 4 is 23.1 Å². The highest BCUT2D eigenvalue weighted by Crippen LogP contribution is 2.40. The number of hydrogen-bond acceptors (Lipinski definition) is 3. The molecule has 0 aliphatic rings. The Morgan fingerprint density at radius 2 is 1.88 bits per heavy atom. The minimum Gasteiger partial charge on any atom is -0.327 e. The number of thiophene rings is 1. The van der Waals surface area contributed by atoms with Gasteiger partial charge in [-0.2, -0.15) is 0 Å². The van der Waals surface area contributed by atoms with Crippen LogP contribution in [0.3, 0.4) is 0 Å². The van der Waals surface area contributed by atoms with Crippen molar-refractivity contribution in [3.05, 3.63) is 52.2 Å². The maximum Gasteiger partial charge on any atom is 0.0589 e. The van der Waals surface area contributed by atoms with Crippen LogP contribution in [-0.2, 0) is 0 Å². The van der Waals surface area contributed by atoms with E-state index in [1.165, 1.54) is 15.3 Å². The molecule has 90 valence electrons. The maximum atomic E-state index is 6.13. The van der Waals surface area contributed by atoms with E-state index in [9.17, 15) is 0 Å². The van der Waals surface area contributed by atoms with Crippen molar-refractivity contribution in [2.24, 2.45) is 5.73 Å². The molecular formula is C14H17NS2. The van der Waals surface area contributed by atoms with E-state index in [-0.39, 0.29) is 6.04 Å². The van der Waals surface area contributed by atoms with Gasteiger partial charge in [-0.15, -0.1) is 23.1 Å². The van der Waals surface area contributed by atoms with Crippen LogP contribution < -0.4 is 5.73 Å². The van der Waals surface area contributed by atoms with Gasteiger partial charge >= 0.3 is 0 Å². The molecule has 0 amide bonds. The van der Waals surface area contributed by atoms with Crippen LogP contribution in [0.4, 0.5) is 0 Å². The third-order valence-corrected chi connectivity index (χ3v) is 5.36. The van der Waals surface area contributed by atoms with Crippen LogP contribution in [0.2, 0.25) is 0 Å². The SMILES string of the molecule is Cc1ccsc1C(Sc1ccccc1)C(C)N. The summed E-state index contributed by atoms with van der Waals surface area (Å²) in [5, 5.41) is 2.49. The highest BCUT2D eigenvalue weighted by molar-refractivity contribution is 7.99. The van der Waals surface area contributed by atoms with E-state index in [0.29, 0.717) is 5.25 Å². The molecule has 1 aromatic heterocycles. The van der Waals surface area contributed by atoms with Crippen LogP contribution in [0.1, 0.15) is 22.6 Å². The van der Waals surface area contributed by atoms with E-state index >= 15 is 0 Å². The first kappa shape index (κ1) is 12.7. The van der Waals surface area contributed by atoms with E-state index in [1.807, 2.05) is 17.8 Å². The molecular weight excluding hydrogens is 246 g/mol. The van der Waals surface area contributed by atoms with E-state index in [2.05, 4.69) is 49.6 Å². The van der Waals surface area contributed by atoms with Crippen molar-refractivity contribution in [1.29, 1.82) is 0 Å². The van der Waals surface area contributed by atoms with E-state index in [0.717, 1.165) is 0 Å². The molecule has 0 bridgehead atoms. The monoisotopic (exact) mass is 263 g/mol. The second-order valence-corrected chi connectivity index (χ2v) is 6.34. The van der Waals surface area contributed by atoms with Gasteiger partial charge in [-0.25, -0.2) is 0 Å². The van der Waals surface area contributed by atoms with Crippen LogP contribution in [-0.4, -0.2) is 6.04 Å². The van der Waals surface area contributed by atoms with Crippen molar-refractivity contribution < 1.29 is 0 Å². The largest absolute Gasteiger partial charge is 0.327 e. The molecule has 3 heteroatoms. The summed E-state index contributed by atoms with van der Waals surface area (Å²) in [6.07, 6.45) is 0. The van der Waals surface area contributed by atoms with Gasteiger partial charge in [0.15, 0.2) is 0 Å². The molecule has 0 aliphatic heterocycles. The number of thioether (sulfide) groups is 1. The molecule has 0 spiro atoms. The standard InChI is InChI=1S/C14H17NS2/c1-10-8-9-16-13(10)14(11(2)15)17-12-6-4-3-5-7-12/h3-9,11,14H,15H2,1-2H3. The Balaban J connectivity index is 2.23. The number of hydrogen-bond donors (Lipinski definition) is 1. The van der Waals surface area contributed by atoms with Gasteiger partial charge in [0.1, 0.15) is 0 Å². The van der Waals surface area contributed by atoms with Crippen molar-refractivity contribution in [2.45, 2.75) is 30.0 Å². The molecule has 2 unspecified atom stereocenters. The molecule has 2 rings (SSSR count). The molecule has 0 aliphatic carbocycles. The molecule has 2 N–H and O–H groups in total. The highest BCUT2D eigenvalue weighted by Gasteiger charge is 2.20. The van der Waals surface area contributed by atoms with E-state index in [1.54, 1.807) is 11.3 Å². The third kappa shape index (κ3) is 3.12. The Labute approximate surface area is 111 Å². The van der Waals surface area contributed by atoms with Gasteiger partial charge in [0.25, 0.3) is 0 Å². The van der Waals surface area contributed by atoms with Gasteiger partial charge < -0.3 is 5.73 Å². The second-order valence-electron chi connectivity index (χ2n) is 4.18. The smallest absolute Gasteiger partial charge is 0.0589 e. The first-order valence-electron chi connectivity index (χ1n) is 5.70. The summed E-state index contributed by atoms with van der Waals surface area (Å²) in [7, 11) is 0. The number of benzene rings is 1. The predicted octanol–water partition coefficient (Wildman–Crippen LogP) is 4.24. The summed E-state index contributed by atoms with van der Waals surface area (Å²) in [4.78, 5) is 2.68. The lowest BCUT2D eigenvalue weighted by molar-refractivity contribution is 0.727. The summed E-state index contributed by atoms with van der Waals surface area (Å²) < 4.78 is 0. The Bertz CT molecular complexity index is 462. The summed E-state index contributed by atoms with van der Waals surface area (Å²) in [5.41, 5.74) is 7.48. The zero-order valence-electron chi connectivity index (χ0n) is 10.1. The van der Waals surface area contributed by atoms with Crippen LogP contribution in [0.5, 0.6) is 0 Å². The van der Waals surface area contributed by atoms with Gasteiger partial charge in [-0.05, 0) is 43.0 Å². The fourth-order valence-electron chi connectivity index (χ4n) is 1.72. The molecule has 17 heavy (non-hydrogen) atoms. The Hall–Kier alpha value is -0.770. The number of nitrogens with two attached hydrogens (primary N) is 1. The summed E-state index contributed by atoms with van der Waals surface area (Å²) in [6, 6.07) is 12.8. The van der Waals surface area contributed by atoms with Gasteiger partial charge in [0.05, 0.1) is 5.25 Å². The molecule has 2 atom stereocenters. The van der Waals surface area contributed by atoms with Crippen LogP contribution in [0.15, 0.2) is 46.7 Å². The number of rotatable bonds is 4. The molecule has 1 aromatic carbocycles. The lowest BCUT2D eigenvalue weighted by Crippen LogP contribution is -2.22. The van der Waals surface area contributed by atoms with E-state index < -0.39 is 0 Å². The van der Waals surface area contributed by atoms with Crippen molar-refractivity contribution in [2.75, 3.05) is 0 Å². The minimum atomic E-state index is 0.151. The molecule has 0 saturated heterocycles. The lowest BCUT2D eigenvalue weighted by Gasteiger charge is -2.20. The molecule has 0 radical (unpaired) electrons.